The zero-order valence-corrected chi connectivity index (χ0v) is 12.3. The number of hydrogen-bond donors (Lipinski definition) is 0. The fraction of sp³-hybridized carbons (Fsp3) is 0.250. The lowest BCUT2D eigenvalue weighted by Crippen LogP contribution is -2.25. The highest BCUT2D eigenvalue weighted by atomic mass is 79.9. The Balaban J connectivity index is 2.18. The summed E-state index contributed by atoms with van der Waals surface area (Å²) in [6.07, 6.45) is 0.965. The maximum atomic E-state index is 14.3. The quantitative estimate of drug-likeness (QED) is 0.718. The second-order valence-corrected chi connectivity index (χ2v) is 5.49. The van der Waals surface area contributed by atoms with E-state index in [4.69, 9.17) is 0 Å². The SMILES string of the molecule is CC1Cc2ccccc2N1c1c(F)cccc1CBr. The monoisotopic (exact) mass is 319 g/mol. The van der Waals surface area contributed by atoms with Crippen molar-refractivity contribution in [1.82, 2.24) is 0 Å². The van der Waals surface area contributed by atoms with Crippen molar-refractivity contribution >= 4 is 27.3 Å². The minimum absolute atomic E-state index is 0.152. The molecule has 1 atom stereocenters. The first-order chi connectivity index (χ1) is 9.22. The Kier molecular flexibility index (Phi) is 3.31. The number of rotatable bonds is 2. The molecular formula is C16H15BrFN. The topological polar surface area (TPSA) is 3.24 Å². The van der Waals surface area contributed by atoms with Crippen molar-refractivity contribution in [3.8, 4) is 0 Å². The van der Waals surface area contributed by atoms with E-state index in [1.807, 2.05) is 18.2 Å². The minimum Gasteiger partial charge on any atom is -0.335 e. The predicted molar refractivity (Wildman–Crippen MR) is 80.8 cm³/mol. The number of halogens is 2. The van der Waals surface area contributed by atoms with Crippen LogP contribution in [0.4, 0.5) is 15.8 Å². The molecule has 0 aliphatic carbocycles. The van der Waals surface area contributed by atoms with Gasteiger partial charge in [0, 0.05) is 17.1 Å². The van der Waals surface area contributed by atoms with Crippen molar-refractivity contribution < 1.29 is 4.39 Å². The molecule has 1 aliphatic heterocycles. The third-order valence-corrected chi connectivity index (χ3v) is 4.27. The van der Waals surface area contributed by atoms with Crippen LogP contribution in [0, 0.1) is 5.82 Å². The molecule has 3 heteroatoms. The number of fused-ring (bicyclic) bond motifs is 1. The van der Waals surface area contributed by atoms with E-state index in [1.54, 1.807) is 6.07 Å². The molecule has 1 unspecified atom stereocenters. The van der Waals surface area contributed by atoms with E-state index in [-0.39, 0.29) is 11.9 Å². The Bertz CT molecular complexity index is 611. The Morgan fingerprint density at radius 1 is 1.21 bits per heavy atom. The van der Waals surface area contributed by atoms with Crippen LogP contribution in [0.25, 0.3) is 0 Å². The maximum Gasteiger partial charge on any atom is 0.147 e. The van der Waals surface area contributed by atoms with Crippen LogP contribution in [0.2, 0.25) is 0 Å². The average Bonchev–Trinajstić information content (AvgIpc) is 2.74. The van der Waals surface area contributed by atoms with Crippen LogP contribution in [0.5, 0.6) is 0 Å². The Hall–Kier alpha value is -1.35. The molecular weight excluding hydrogens is 305 g/mol. The molecule has 1 nitrogen and oxygen atoms in total. The van der Waals surface area contributed by atoms with Crippen molar-refractivity contribution in [3.05, 3.63) is 59.4 Å². The van der Waals surface area contributed by atoms with Gasteiger partial charge in [-0.05, 0) is 36.6 Å². The van der Waals surface area contributed by atoms with Crippen LogP contribution in [0.15, 0.2) is 42.5 Å². The molecule has 1 aliphatic rings. The number of alkyl halides is 1. The number of para-hydroxylation sites is 2. The number of benzene rings is 2. The predicted octanol–water partition coefficient (Wildman–Crippen LogP) is 4.80. The normalized spacial score (nSPS) is 17.6. The third-order valence-electron chi connectivity index (χ3n) is 3.66. The molecule has 19 heavy (non-hydrogen) atoms. The summed E-state index contributed by atoms with van der Waals surface area (Å²) in [5.74, 6) is -0.152. The summed E-state index contributed by atoms with van der Waals surface area (Å²) in [6, 6.07) is 13.8. The molecule has 1 heterocycles. The molecule has 0 bridgehead atoms. The van der Waals surface area contributed by atoms with Crippen LogP contribution in [-0.2, 0) is 11.8 Å². The van der Waals surface area contributed by atoms with Crippen molar-refractivity contribution in [3.63, 3.8) is 0 Å². The molecule has 0 amide bonds. The molecule has 0 spiro atoms. The van der Waals surface area contributed by atoms with Gasteiger partial charge in [0.2, 0.25) is 0 Å². The second kappa shape index (κ2) is 4.97. The van der Waals surface area contributed by atoms with Crippen LogP contribution in [-0.4, -0.2) is 6.04 Å². The van der Waals surface area contributed by atoms with Crippen LogP contribution in [0.3, 0.4) is 0 Å². The molecule has 0 saturated carbocycles. The summed E-state index contributed by atoms with van der Waals surface area (Å²) in [4.78, 5) is 2.13. The fourth-order valence-electron chi connectivity index (χ4n) is 2.84. The number of hydrogen-bond acceptors (Lipinski definition) is 1. The summed E-state index contributed by atoms with van der Waals surface area (Å²) in [6.45, 7) is 2.14. The zero-order valence-electron chi connectivity index (χ0n) is 10.7. The zero-order chi connectivity index (χ0) is 13.4. The number of anilines is 2. The van der Waals surface area contributed by atoms with Crippen molar-refractivity contribution in [1.29, 1.82) is 0 Å². The minimum atomic E-state index is -0.152. The van der Waals surface area contributed by atoms with Gasteiger partial charge in [0.25, 0.3) is 0 Å². The van der Waals surface area contributed by atoms with Gasteiger partial charge in [-0.2, -0.15) is 0 Å². The molecule has 0 radical (unpaired) electrons. The summed E-state index contributed by atoms with van der Waals surface area (Å²) in [5, 5.41) is 0.658. The van der Waals surface area contributed by atoms with Gasteiger partial charge < -0.3 is 4.90 Å². The van der Waals surface area contributed by atoms with Crippen molar-refractivity contribution in [2.45, 2.75) is 24.7 Å². The first-order valence-electron chi connectivity index (χ1n) is 6.43. The van der Waals surface area contributed by atoms with E-state index in [9.17, 15) is 4.39 Å². The van der Waals surface area contributed by atoms with Gasteiger partial charge in [-0.3, -0.25) is 0 Å². The third kappa shape index (κ3) is 2.06. The smallest absolute Gasteiger partial charge is 0.147 e. The molecule has 3 rings (SSSR count). The fourth-order valence-corrected chi connectivity index (χ4v) is 3.30. The highest BCUT2D eigenvalue weighted by Gasteiger charge is 2.29. The van der Waals surface area contributed by atoms with E-state index >= 15 is 0 Å². The van der Waals surface area contributed by atoms with Crippen LogP contribution in [0.1, 0.15) is 18.1 Å². The molecule has 2 aromatic carbocycles. The summed E-state index contributed by atoms with van der Waals surface area (Å²) in [5.41, 5.74) is 4.11. The molecule has 0 saturated heterocycles. The first kappa shape index (κ1) is 12.7. The molecule has 0 aromatic heterocycles. The molecule has 2 aromatic rings. The summed E-state index contributed by atoms with van der Waals surface area (Å²) >= 11 is 3.46. The Morgan fingerprint density at radius 2 is 2.00 bits per heavy atom. The van der Waals surface area contributed by atoms with Gasteiger partial charge in [-0.15, -0.1) is 0 Å². The first-order valence-corrected chi connectivity index (χ1v) is 7.55. The molecule has 0 fully saturated rings. The van der Waals surface area contributed by atoms with Gasteiger partial charge >= 0.3 is 0 Å². The lowest BCUT2D eigenvalue weighted by Gasteiger charge is -2.27. The van der Waals surface area contributed by atoms with E-state index in [0.29, 0.717) is 11.0 Å². The van der Waals surface area contributed by atoms with E-state index in [0.717, 1.165) is 17.7 Å². The number of nitrogens with zero attached hydrogens (tertiary/aromatic N) is 1. The average molecular weight is 320 g/mol. The highest BCUT2D eigenvalue weighted by molar-refractivity contribution is 9.08. The summed E-state index contributed by atoms with van der Waals surface area (Å²) < 4.78 is 14.3. The van der Waals surface area contributed by atoms with Gasteiger partial charge in [0.1, 0.15) is 5.82 Å². The highest BCUT2D eigenvalue weighted by Crippen LogP contribution is 2.41. The van der Waals surface area contributed by atoms with E-state index < -0.39 is 0 Å². The van der Waals surface area contributed by atoms with Crippen LogP contribution < -0.4 is 4.90 Å². The van der Waals surface area contributed by atoms with Crippen molar-refractivity contribution in [2.24, 2.45) is 0 Å². The van der Waals surface area contributed by atoms with E-state index in [2.05, 4.69) is 39.9 Å². The lowest BCUT2D eigenvalue weighted by atomic mass is 10.1. The Labute approximate surface area is 121 Å². The summed E-state index contributed by atoms with van der Waals surface area (Å²) in [7, 11) is 0. The molecule has 0 N–H and O–H groups in total. The van der Waals surface area contributed by atoms with Crippen LogP contribution >= 0.6 is 15.9 Å². The van der Waals surface area contributed by atoms with Crippen molar-refractivity contribution in [2.75, 3.05) is 4.90 Å². The largest absolute Gasteiger partial charge is 0.335 e. The molecule has 98 valence electrons. The maximum absolute atomic E-state index is 14.3. The standard InChI is InChI=1S/C16H15BrFN/c1-11-9-12-5-2-3-8-15(12)19(11)16-13(10-17)6-4-7-14(16)18/h2-8,11H,9-10H2,1H3. The van der Waals surface area contributed by atoms with Gasteiger partial charge in [0.15, 0.2) is 0 Å². The van der Waals surface area contributed by atoms with Gasteiger partial charge in [0.05, 0.1) is 5.69 Å². The van der Waals surface area contributed by atoms with Gasteiger partial charge in [-0.25, -0.2) is 4.39 Å². The Morgan fingerprint density at radius 3 is 2.79 bits per heavy atom. The second-order valence-electron chi connectivity index (χ2n) is 4.93. The lowest BCUT2D eigenvalue weighted by molar-refractivity contribution is 0.616. The van der Waals surface area contributed by atoms with E-state index in [1.165, 1.54) is 11.6 Å². The van der Waals surface area contributed by atoms with Gasteiger partial charge in [-0.1, -0.05) is 46.3 Å².